The van der Waals surface area contributed by atoms with Gasteiger partial charge in [-0.25, -0.2) is 0 Å². The first-order valence-corrected chi connectivity index (χ1v) is 8.43. The molecule has 4 nitrogen and oxygen atoms in total. The summed E-state index contributed by atoms with van der Waals surface area (Å²) in [5.74, 6) is 1.29. The number of aliphatic hydroxyl groups is 1. The number of rotatable bonds is 12. The summed E-state index contributed by atoms with van der Waals surface area (Å²) in [5.41, 5.74) is 0. The van der Waals surface area contributed by atoms with Crippen LogP contribution in [0.15, 0.2) is 12.2 Å². The van der Waals surface area contributed by atoms with Gasteiger partial charge in [-0.3, -0.25) is 0 Å². The third kappa shape index (κ3) is 9.25. The summed E-state index contributed by atoms with van der Waals surface area (Å²) in [5, 5.41) is 13.1. The van der Waals surface area contributed by atoms with E-state index in [0.29, 0.717) is 25.0 Å². The van der Waals surface area contributed by atoms with Crippen molar-refractivity contribution in [3.05, 3.63) is 12.2 Å². The maximum Gasteiger partial charge on any atom is 0.0897 e. The van der Waals surface area contributed by atoms with E-state index >= 15 is 0 Å². The van der Waals surface area contributed by atoms with Crippen LogP contribution in [0.3, 0.4) is 0 Å². The van der Waals surface area contributed by atoms with Crippen molar-refractivity contribution in [2.75, 3.05) is 39.5 Å². The second kappa shape index (κ2) is 12.2. The fourth-order valence-corrected chi connectivity index (χ4v) is 2.47. The minimum atomic E-state index is -0.420. The molecule has 0 heterocycles. The van der Waals surface area contributed by atoms with Gasteiger partial charge in [0.25, 0.3) is 0 Å². The van der Waals surface area contributed by atoms with E-state index in [9.17, 15) is 5.11 Å². The average Bonchev–Trinajstić information content (AvgIpc) is 2.48. The zero-order valence-electron chi connectivity index (χ0n) is 13.7. The van der Waals surface area contributed by atoms with Crippen molar-refractivity contribution in [2.45, 2.75) is 45.6 Å². The second-order valence-corrected chi connectivity index (χ2v) is 6.04. The summed E-state index contributed by atoms with van der Waals surface area (Å²) in [6.07, 6.45) is 8.39. The SMILES string of the molecule is CCCOCCCNCC(O)COCC1CC=CCC1C. The van der Waals surface area contributed by atoms with Crippen molar-refractivity contribution < 1.29 is 14.6 Å². The van der Waals surface area contributed by atoms with Gasteiger partial charge in [0, 0.05) is 19.8 Å². The summed E-state index contributed by atoms with van der Waals surface area (Å²) in [6.45, 7) is 8.67. The molecular weight excluding hydrogens is 266 g/mol. The largest absolute Gasteiger partial charge is 0.389 e. The summed E-state index contributed by atoms with van der Waals surface area (Å²) in [7, 11) is 0. The molecule has 0 spiro atoms. The normalized spacial score (nSPS) is 23.4. The summed E-state index contributed by atoms with van der Waals surface area (Å²) in [6, 6.07) is 0. The lowest BCUT2D eigenvalue weighted by Crippen LogP contribution is -2.32. The number of aliphatic hydroxyl groups excluding tert-OH is 1. The van der Waals surface area contributed by atoms with E-state index in [1.54, 1.807) is 0 Å². The van der Waals surface area contributed by atoms with E-state index in [0.717, 1.165) is 52.0 Å². The molecule has 0 fully saturated rings. The van der Waals surface area contributed by atoms with E-state index in [4.69, 9.17) is 9.47 Å². The molecule has 21 heavy (non-hydrogen) atoms. The molecule has 0 aromatic rings. The van der Waals surface area contributed by atoms with Gasteiger partial charge in [-0.15, -0.1) is 0 Å². The maximum atomic E-state index is 9.85. The second-order valence-electron chi connectivity index (χ2n) is 6.04. The van der Waals surface area contributed by atoms with E-state index in [-0.39, 0.29) is 0 Å². The van der Waals surface area contributed by atoms with Crippen LogP contribution in [0.1, 0.15) is 39.5 Å². The van der Waals surface area contributed by atoms with Gasteiger partial charge in [0.1, 0.15) is 0 Å². The maximum absolute atomic E-state index is 9.85. The average molecular weight is 299 g/mol. The summed E-state index contributed by atoms with van der Waals surface area (Å²) >= 11 is 0. The van der Waals surface area contributed by atoms with Crippen molar-refractivity contribution in [3.63, 3.8) is 0 Å². The molecule has 0 amide bonds. The van der Waals surface area contributed by atoms with E-state index < -0.39 is 6.10 Å². The topological polar surface area (TPSA) is 50.7 Å². The Kier molecular flexibility index (Phi) is 10.8. The van der Waals surface area contributed by atoms with Crippen LogP contribution in [0.25, 0.3) is 0 Å². The van der Waals surface area contributed by atoms with Crippen LogP contribution in [0.4, 0.5) is 0 Å². The van der Waals surface area contributed by atoms with Crippen molar-refractivity contribution in [1.29, 1.82) is 0 Å². The molecule has 4 heteroatoms. The first-order chi connectivity index (χ1) is 10.2. The molecule has 124 valence electrons. The number of ether oxygens (including phenoxy) is 2. The Hall–Kier alpha value is -0.420. The van der Waals surface area contributed by atoms with Crippen LogP contribution < -0.4 is 5.32 Å². The standard InChI is InChI=1S/C17H33NO3/c1-3-10-20-11-6-9-18-12-17(19)14-21-13-16-8-5-4-7-15(16)2/h4-5,15-19H,3,6-14H2,1-2H3. The predicted molar refractivity (Wildman–Crippen MR) is 86.5 cm³/mol. The zero-order chi connectivity index (χ0) is 15.3. The first-order valence-electron chi connectivity index (χ1n) is 8.43. The lowest BCUT2D eigenvalue weighted by molar-refractivity contribution is 0.0127. The lowest BCUT2D eigenvalue weighted by atomic mass is 9.85. The van der Waals surface area contributed by atoms with Crippen molar-refractivity contribution >= 4 is 0 Å². The molecule has 0 aliphatic heterocycles. The Morgan fingerprint density at radius 3 is 2.81 bits per heavy atom. The first kappa shape index (κ1) is 18.6. The highest BCUT2D eigenvalue weighted by molar-refractivity contribution is 4.93. The Morgan fingerprint density at radius 2 is 2.05 bits per heavy atom. The Bertz CT molecular complexity index is 271. The van der Waals surface area contributed by atoms with Gasteiger partial charge in [0.15, 0.2) is 0 Å². The number of allylic oxidation sites excluding steroid dienone is 2. The quantitative estimate of drug-likeness (QED) is 0.429. The molecule has 3 unspecified atom stereocenters. The Labute approximate surface area is 129 Å². The molecular formula is C17H33NO3. The molecule has 0 bridgehead atoms. The zero-order valence-corrected chi connectivity index (χ0v) is 13.7. The van der Waals surface area contributed by atoms with Crippen LogP contribution in [-0.2, 0) is 9.47 Å². The lowest BCUT2D eigenvalue weighted by Gasteiger charge is -2.25. The highest BCUT2D eigenvalue weighted by Gasteiger charge is 2.18. The van der Waals surface area contributed by atoms with Crippen molar-refractivity contribution in [3.8, 4) is 0 Å². The molecule has 0 aromatic heterocycles. The van der Waals surface area contributed by atoms with Gasteiger partial charge < -0.3 is 19.9 Å². The molecule has 0 radical (unpaired) electrons. The van der Waals surface area contributed by atoms with E-state index in [1.165, 1.54) is 0 Å². The highest BCUT2D eigenvalue weighted by atomic mass is 16.5. The minimum absolute atomic E-state index is 0.420. The molecule has 1 aliphatic carbocycles. The molecule has 1 aliphatic rings. The molecule has 1 rings (SSSR count). The number of hydrogen-bond donors (Lipinski definition) is 2. The van der Waals surface area contributed by atoms with Gasteiger partial charge in [-0.05, 0) is 44.1 Å². The van der Waals surface area contributed by atoms with Crippen LogP contribution in [-0.4, -0.2) is 50.7 Å². The minimum Gasteiger partial charge on any atom is -0.389 e. The molecule has 0 saturated carbocycles. The Balaban J connectivity index is 1.91. The van der Waals surface area contributed by atoms with E-state index in [2.05, 4.69) is 31.3 Å². The van der Waals surface area contributed by atoms with Gasteiger partial charge in [0.05, 0.1) is 19.3 Å². The van der Waals surface area contributed by atoms with E-state index in [1.807, 2.05) is 0 Å². The molecule has 0 saturated heterocycles. The molecule has 0 aromatic carbocycles. The van der Waals surface area contributed by atoms with Crippen LogP contribution >= 0.6 is 0 Å². The fourth-order valence-electron chi connectivity index (χ4n) is 2.47. The molecule has 3 atom stereocenters. The fraction of sp³-hybridized carbons (Fsp3) is 0.882. The summed E-state index contributed by atoms with van der Waals surface area (Å²) < 4.78 is 11.1. The van der Waals surface area contributed by atoms with Gasteiger partial charge in [-0.2, -0.15) is 0 Å². The summed E-state index contributed by atoms with van der Waals surface area (Å²) in [4.78, 5) is 0. The van der Waals surface area contributed by atoms with Crippen molar-refractivity contribution in [2.24, 2.45) is 11.8 Å². The Morgan fingerprint density at radius 1 is 1.24 bits per heavy atom. The van der Waals surface area contributed by atoms with Gasteiger partial charge >= 0.3 is 0 Å². The van der Waals surface area contributed by atoms with Crippen LogP contribution in [0.2, 0.25) is 0 Å². The highest BCUT2D eigenvalue weighted by Crippen LogP contribution is 2.24. The van der Waals surface area contributed by atoms with Crippen molar-refractivity contribution in [1.82, 2.24) is 5.32 Å². The van der Waals surface area contributed by atoms with Crippen LogP contribution in [0, 0.1) is 11.8 Å². The molecule has 2 N–H and O–H groups in total. The smallest absolute Gasteiger partial charge is 0.0897 e. The van der Waals surface area contributed by atoms with Gasteiger partial charge in [0.2, 0.25) is 0 Å². The third-order valence-corrected chi connectivity index (χ3v) is 3.93. The predicted octanol–water partition coefficient (Wildman–Crippen LogP) is 2.37. The number of hydrogen-bond acceptors (Lipinski definition) is 4. The monoisotopic (exact) mass is 299 g/mol. The van der Waals surface area contributed by atoms with Crippen LogP contribution in [0.5, 0.6) is 0 Å². The number of nitrogens with one attached hydrogen (secondary N) is 1. The van der Waals surface area contributed by atoms with Gasteiger partial charge in [-0.1, -0.05) is 26.0 Å². The third-order valence-electron chi connectivity index (χ3n) is 3.93.